The summed E-state index contributed by atoms with van der Waals surface area (Å²) in [6.07, 6.45) is 1.83. The van der Waals surface area contributed by atoms with Crippen molar-refractivity contribution in [1.82, 2.24) is 9.38 Å². The smallest absolute Gasteiger partial charge is 0.258 e. The third-order valence-corrected chi connectivity index (χ3v) is 5.06. The molecule has 0 aliphatic rings. The van der Waals surface area contributed by atoms with Crippen molar-refractivity contribution < 1.29 is 0 Å². The zero-order valence-electron chi connectivity index (χ0n) is 14.3. The molecule has 3 rings (SSSR count). The second kappa shape index (κ2) is 7.22. The lowest BCUT2D eigenvalue weighted by molar-refractivity contribution is 0.866. The van der Waals surface area contributed by atoms with Gasteiger partial charge in [0.2, 0.25) is 0 Å². The summed E-state index contributed by atoms with van der Waals surface area (Å²) in [5, 5.41) is 0. The molecule has 3 nitrogen and oxygen atoms in total. The number of fused-ring (bicyclic) bond motifs is 1. The van der Waals surface area contributed by atoms with Crippen LogP contribution in [0.15, 0.2) is 53.5 Å². The van der Waals surface area contributed by atoms with Crippen molar-refractivity contribution >= 4 is 17.4 Å². The first kappa shape index (κ1) is 16.8. The van der Waals surface area contributed by atoms with Gasteiger partial charge in [0.15, 0.2) is 0 Å². The minimum Gasteiger partial charge on any atom is -0.269 e. The molecule has 1 aromatic carbocycles. The van der Waals surface area contributed by atoms with Crippen molar-refractivity contribution in [2.75, 3.05) is 0 Å². The van der Waals surface area contributed by atoms with E-state index in [2.05, 4.69) is 43.1 Å². The molecule has 24 heavy (non-hydrogen) atoms. The molecular weight excluding hydrogens is 316 g/mol. The maximum Gasteiger partial charge on any atom is 0.258 e. The average Bonchev–Trinajstić information content (AvgIpc) is 2.56. The number of benzene rings is 1. The van der Waals surface area contributed by atoms with Crippen LogP contribution in [0.3, 0.4) is 0 Å². The number of rotatable bonds is 5. The minimum absolute atomic E-state index is 0.0133. The van der Waals surface area contributed by atoms with E-state index in [0.717, 1.165) is 22.8 Å². The van der Waals surface area contributed by atoms with Gasteiger partial charge < -0.3 is 0 Å². The van der Waals surface area contributed by atoms with Gasteiger partial charge in [-0.15, -0.1) is 0 Å². The van der Waals surface area contributed by atoms with Crippen LogP contribution in [0.2, 0.25) is 0 Å². The maximum atomic E-state index is 12.2. The van der Waals surface area contributed by atoms with Crippen molar-refractivity contribution in [3.05, 3.63) is 81.4 Å². The summed E-state index contributed by atoms with van der Waals surface area (Å²) in [7, 11) is 0. The zero-order valence-corrected chi connectivity index (χ0v) is 15.1. The lowest BCUT2D eigenvalue weighted by Crippen LogP contribution is -2.15. The number of aryl methyl sites for hydroxylation is 1. The van der Waals surface area contributed by atoms with E-state index in [4.69, 9.17) is 0 Å². The van der Waals surface area contributed by atoms with Crippen LogP contribution < -0.4 is 5.56 Å². The molecule has 0 radical (unpaired) electrons. The summed E-state index contributed by atoms with van der Waals surface area (Å²) in [4.78, 5) is 16.8. The summed E-state index contributed by atoms with van der Waals surface area (Å²) < 4.78 is 1.61. The standard InChI is InChI=1S/C20H22N2OS/c1-14(2)17-7-5-16(6-8-17)12-24-13-18-10-20(23)22-11-15(3)4-9-19(22)21-18/h4-11,14H,12-13H2,1-3H3. The summed E-state index contributed by atoms with van der Waals surface area (Å²) in [5.74, 6) is 2.23. The first-order valence-electron chi connectivity index (χ1n) is 8.18. The van der Waals surface area contributed by atoms with Crippen LogP contribution >= 0.6 is 11.8 Å². The highest BCUT2D eigenvalue weighted by atomic mass is 32.2. The number of thioether (sulfide) groups is 1. The fraction of sp³-hybridized carbons (Fsp3) is 0.300. The summed E-state index contributed by atoms with van der Waals surface area (Å²) in [6.45, 7) is 6.38. The second-order valence-electron chi connectivity index (χ2n) is 6.41. The number of pyridine rings is 1. The lowest BCUT2D eigenvalue weighted by Gasteiger charge is -2.07. The molecule has 0 saturated heterocycles. The molecule has 0 unspecified atom stereocenters. The van der Waals surface area contributed by atoms with Crippen molar-refractivity contribution in [1.29, 1.82) is 0 Å². The topological polar surface area (TPSA) is 34.4 Å². The molecule has 4 heteroatoms. The van der Waals surface area contributed by atoms with E-state index in [1.54, 1.807) is 22.2 Å². The van der Waals surface area contributed by atoms with Crippen LogP contribution in [0.25, 0.3) is 5.65 Å². The van der Waals surface area contributed by atoms with Crippen LogP contribution in [0, 0.1) is 6.92 Å². The van der Waals surface area contributed by atoms with Gasteiger partial charge in [0.05, 0.1) is 5.69 Å². The number of hydrogen-bond donors (Lipinski definition) is 0. The van der Waals surface area contributed by atoms with E-state index in [0.29, 0.717) is 11.6 Å². The highest BCUT2D eigenvalue weighted by Gasteiger charge is 2.04. The van der Waals surface area contributed by atoms with Gasteiger partial charge in [-0.3, -0.25) is 9.20 Å². The highest BCUT2D eigenvalue weighted by molar-refractivity contribution is 7.97. The fourth-order valence-electron chi connectivity index (χ4n) is 2.60. The van der Waals surface area contributed by atoms with Crippen molar-refractivity contribution in [2.45, 2.75) is 38.2 Å². The Balaban J connectivity index is 1.67. The van der Waals surface area contributed by atoms with Crippen molar-refractivity contribution in [2.24, 2.45) is 0 Å². The van der Waals surface area contributed by atoms with E-state index in [9.17, 15) is 4.79 Å². The number of aromatic nitrogens is 2. The van der Waals surface area contributed by atoms with Crippen LogP contribution in [-0.2, 0) is 11.5 Å². The summed E-state index contributed by atoms with van der Waals surface area (Å²) in [6, 6.07) is 14.3. The lowest BCUT2D eigenvalue weighted by atomic mass is 10.0. The summed E-state index contributed by atoms with van der Waals surface area (Å²) in [5.41, 5.74) is 5.26. The van der Waals surface area contributed by atoms with E-state index < -0.39 is 0 Å². The van der Waals surface area contributed by atoms with Gasteiger partial charge in [-0.2, -0.15) is 11.8 Å². The molecule has 3 aromatic rings. The van der Waals surface area contributed by atoms with Gasteiger partial charge in [-0.05, 0) is 35.6 Å². The fourth-order valence-corrected chi connectivity index (χ4v) is 3.49. The minimum atomic E-state index is -0.0133. The zero-order chi connectivity index (χ0) is 17.1. The maximum absolute atomic E-state index is 12.2. The molecule has 0 aliphatic heterocycles. The van der Waals surface area contributed by atoms with Gasteiger partial charge in [-0.1, -0.05) is 44.2 Å². The molecule has 124 valence electrons. The van der Waals surface area contributed by atoms with Gasteiger partial charge in [0, 0.05) is 23.8 Å². The van der Waals surface area contributed by atoms with Crippen LogP contribution in [0.4, 0.5) is 0 Å². The van der Waals surface area contributed by atoms with Crippen molar-refractivity contribution in [3.63, 3.8) is 0 Å². The van der Waals surface area contributed by atoms with E-state index in [1.807, 2.05) is 25.3 Å². The Bertz CT molecular complexity index is 898. The van der Waals surface area contributed by atoms with E-state index in [-0.39, 0.29) is 5.56 Å². The van der Waals surface area contributed by atoms with Gasteiger partial charge in [-0.25, -0.2) is 4.98 Å². The Morgan fingerprint density at radius 1 is 1.08 bits per heavy atom. The molecule has 0 fully saturated rings. The molecular formula is C20H22N2OS. The molecule has 0 amide bonds. The highest BCUT2D eigenvalue weighted by Crippen LogP contribution is 2.20. The Hall–Kier alpha value is -2.07. The molecule has 0 spiro atoms. The molecule has 0 atom stereocenters. The van der Waals surface area contributed by atoms with Crippen LogP contribution in [0.5, 0.6) is 0 Å². The largest absolute Gasteiger partial charge is 0.269 e. The Kier molecular flexibility index (Phi) is 5.05. The normalized spacial score (nSPS) is 11.3. The van der Waals surface area contributed by atoms with Gasteiger partial charge in [0.1, 0.15) is 5.65 Å². The molecule has 2 heterocycles. The number of hydrogen-bond acceptors (Lipinski definition) is 3. The predicted molar refractivity (Wildman–Crippen MR) is 102 cm³/mol. The predicted octanol–water partition coefficient (Wildman–Crippen LogP) is 4.56. The van der Waals surface area contributed by atoms with Crippen LogP contribution in [0.1, 0.15) is 42.1 Å². The first-order chi connectivity index (χ1) is 11.5. The molecule has 0 saturated carbocycles. The third kappa shape index (κ3) is 3.88. The molecule has 0 N–H and O–H groups in total. The molecule has 0 bridgehead atoms. The third-order valence-electron chi connectivity index (χ3n) is 4.03. The van der Waals surface area contributed by atoms with Gasteiger partial charge >= 0.3 is 0 Å². The molecule has 0 aliphatic carbocycles. The van der Waals surface area contributed by atoms with Crippen molar-refractivity contribution in [3.8, 4) is 0 Å². The monoisotopic (exact) mass is 338 g/mol. The Morgan fingerprint density at radius 2 is 1.83 bits per heavy atom. The van der Waals surface area contributed by atoms with Crippen LogP contribution in [-0.4, -0.2) is 9.38 Å². The van der Waals surface area contributed by atoms with Gasteiger partial charge in [0.25, 0.3) is 5.56 Å². The Labute approximate surface area is 146 Å². The van der Waals surface area contributed by atoms with E-state index in [1.165, 1.54) is 11.1 Å². The average molecular weight is 338 g/mol. The summed E-state index contributed by atoms with van der Waals surface area (Å²) >= 11 is 1.78. The Morgan fingerprint density at radius 3 is 2.54 bits per heavy atom. The number of nitrogens with zero attached hydrogens (tertiary/aromatic N) is 2. The SMILES string of the molecule is Cc1ccc2nc(CSCc3ccc(C(C)C)cc3)cc(=O)n2c1. The molecule has 2 aromatic heterocycles. The second-order valence-corrected chi connectivity index (χ2v) is 7.40. The first-order valence-corrected chi connectivity index (χ1v) is 9.34. The quantitative estimate of drug-likeness (QED) is 0.684. The van der Waals surface area contributed by atoms with E-state index >= 15 is 0 Å².